The number of hydrogen-bond acceptors (Lipinski definition) is 4. The Morgan fingerprint density at radius 3 is 2.65 bits per heavy atom. The highest BCUT2D eigenvalue weighted by Crippen LogP contribution is 2.19. The van der Waals surface area contributed by atoms with Crippen LogP contribution in [0.5, 0.6) is 0 Å². The van der Waals surface area contributed by atoms with E-state index in [2.05, 4.69) is 9.97 Å². The first-order valence-electron chi connectivity index (χ1n) is 5.49. The van der Waals surface area contributed by atoms with Crippen molar-refractivity contribution < 1.29 is 14.7 Å². The summed E-state index contributed by atoms with van der Waals surface area (Å²) in [5.74, 6) is -1.26. The van der Waals surface area contributed by atoms with Gasteiger partial charge in [-0.15, -0.1) is 0 Å². The Hall–Kier alpha value is -1.98. The molecule has 0 radical (unpaired) electrons. The molecular weight excluding hydrogens is 222 g/mol. The third kappa shape index (κ3) is 2.41. The van der Waals surface area contributed by atoms with Crippen LogP contribution in [0.2, 0.25) is 0 Å². The molecule has 1 aromatic heterocycles. The van der Waals surface area contributed by atoms with E-state index in [0.29, 0.717) is 18.5 Å². The van der Waals surface area contributed by atoms with Gasteiger partial charge in [0.15, 0.2) is 0 Å². The van der Waals surface area contributed by atoms with Crippen LogP contribution in [-0.4, -0.2) is 44.4 Å². The summed E-state index contributed by atoms with van der Waals surface area (Å²) < 4.78 is 0. The van der Waals surface area contributed by atoms with E-state index >= 15 is 0 Å². The Morgan fingerprint density at radius 2 is 2.00 bits per heavy atom. The molecule has 6 heteroatoms. The van der Waals surface area contributed by atoms with Gasteiger partial charge in [-0.2, -0.15) is 0 Å². The van der Waals surface area contributed by atoms with Crippen LogP contribution in [0.15, 0.2) is 18.7 Å². The second-order valence-corrected chi connectivity index (χ2v) is 3.98. The van der Waals surface area contributed by atoms with E-state index in [1.807, 2.05) is 0 Å². The number of carbonyl (C=O) groups excluding carboxylic acids is 1. The van der Waals surface area contributed by atoms with E-state index in [1.54, 1.807) is 0 Å². The number of carbonyl (C=O) groups is 2. The number of aromatic nitrogens is 2. The predicted octanol–water partition coefficient (Wildman–Crippen LogP) is 0.556. The molecule has 0 aromatic carbocycles. The number of rotatable bonds is 2. The van der Waals surface area contributed by atoms with E-state index in [-0.39, 0.29) is 5.91 Å². The quantitative estimate of drug-likeness (QED) is 0.809. The molecule has 0 bridgehead atoms. The fourth-order valence-corrected chi connectivity index (χ4v) is 2.01. The zero-order chi connectivity index (χ0) is 12.3. The van der Waals surface area contributed by atoms with Crippen LogP contribution in [0.25, 0.3) is 0 Å². The smallest absolute Gasteiger partial charge is 0.326 e. The van der Waals surface area contributed by atoms with Crippen molar-refractivity contribution in [2.45, 2.75) is 25.3 Å². The van der Waals surface area contributed by atoms with Crippen LogP contribution in [0.4, 0.5) is 0 Å². The first kappa shape index (κ1) is 11.5. The van der Waals surface area contributed by atoms with Crippen molar-refractivity contribution in [3.05, 3.63) is 24.3 Å². The maximum atomic E-state index is 12.1. The van der Waals surface area contributed by atoms with Crippen LogP contribution < -0.4 is 0 Å². The molecule has 1 saturated heterocycles. The van der Waals surface area contributed by atoms with Gasteiger partial charge in [-0.1, -0.05) is 0 Å². The molecule has 0 unspecified atom stereocenters. The fourth-order valence-electron chi connectivity index (χ4n) is 2.01. The highest BCUT2D eigenvalue weighted by atomic mass is 16.4. The SMILES string of the molecule is O=C(O)[C@@H]1CCCCN1C(=O)c1cncnc1. The number of piperidine rings is 1. The minimum Gasteiger partial charge on any atom is -0.480 e. The lowest BCUT2D eigenvalue weighted by Gasteiger charge is -2.32. The van der Waals surface area contributed by atoms with Crippen molar-refractivity contribution in [1.82, 2.24) is 14.9 Å². The lowest BCUT2D eigenvalue weighted by atomic mass is 10.0. The molecule has 2 heterocycles. The van der Waals surface area contributed by atoms with Crippen molar-refractivity contribution in [3.8, 4) is 0 Å². The van der Waals surface area contributed by atoms with Gasteiger partial charge in [-0.3, -0.25) is 4.79 Å². The van der Waals surface area contributed by atoms with Gasteiger partial charge in [0, 0.05) is 18.9 Å². The van der Waals surface area contributed by atoms with Gasteiger partial charge >= 0.3 is 5.97 Å². The summed E-state index contributed by atoms with van der Waals surface area (Å²) in [6, 6.07) is -0.726. The van der Waals surface area contributed by atoms with E-state index in [0.717, 1.165) is 12.8 Å². The van der Waals surface area contributed by atoms with Gasteiger partial charge in [0.1, 0.15) is 12.4 Å². The molecule has 0 spiro atoms. The Labute approximate surface area is 98.3 Å². The molecule has 1 aromatic rings. The largest absolute Gasteiger partial charge is 0.480 e. The van der Waals surface area contributed by atoms with Gasteiger partial charge in [0.05, 0.1) is 5.56 Å². The lowest BCUT2D eigenvalue weighted by molar-refractivity contribution is -0.143. The van der Waals surface area contributed by atoms with E-state index in [9.17, 15) is 9.59 Å². The minimum absolute atomic E-state index is 0.308. The molecule has 1 fully saturated rings. The second kappa shape index (κ2) is 4.90. The topological polar surface area (TPSA) is 83.4 Å². The summed E-state index contributed by atoms with van der Waals surface area (Å²) in [7, 11) is 0. The van der Waals surface area contributed by atoms with Crippen LogP contribution in [0.1, 0.15) is 29.6 Å². The minimum atomic E-state index is -0.949. The van der Waals surface area contributed by atoms with E-state index in [4.69, 9.17) is 5.11 Å². The average Bonchev–Trinajstić information content (AvgIpc) is 2.39. The van der Waals surface area contributed by atoms with Crippen molar-refractivity contribution >= 4 is 11.9 Å². The standard InChI is InChI=1S/C11H13N3O3/c15-10(8-5-12-7-13-6-8)14-4-2-1-3-9(14)11(16)17/h5-7,9H,1-4H2,(H,16,17)/t9-/m0/s1. The normalized spacial score (nSPS) is 20.0. The Morgan fingerprint density at radius 1 is 1.29 bits per heavy atom. The van der Waals surface area contributed by atoms with Crippen molar-refractivity contribution in [1.29, 1.82) is 0 Å². The molecule has 17 heavy (non-hydrogen) atoms. The summed E-state index contributed by atoms with van der Waals surface area (Å²) >= 11 is 0. The molecule has 1 amide bonds. The first-order chi connectivity index (χ1) is 8.20. The summed E-state index contributed by atoms with van der Waals surface area (Å²) in [6.07, 6.45) is 6.33. The monoisotopic (exact) mass is 235 g/mol. The van der Waals surface area contributed by atoms with Gasteiger partial charge in [0.2, 0.25) is 0 Å². The third-order valence-electron chi connectivity index (χ3n) is 2.86. The summed E-state index contributed by atoms with van der Waals surface area (Å²) in [5.41, 5.74) is 0.334. The van der Waals surface area contributed by atoms with Gasteiger partial charge in [-0.05, 0) is 19.3 Å². The van der Waals surface area contributed by atoms with Gasteiger partial charge in [0.25, 0.3) is 5.91 Å². The summed E-state index contributed by atoms with van der Waals surface area (Å²) in [6.45, 7) is 0.477. The highest BCUT2D eigenvalue weighted by molar-refractivity contribution is 5.96. The summed E-state index contributed by atoms with van der Waals surface area (Å²) in [5, 5.41) is 9.08. The molecular formula is C11H13N3O3. The number of amides is 1. The zero-order valence-electron chi connectivity index (χ0n) is 9.24. The molecule has 1 atom stereocenters. The third-order valence-corrected chi connectivity index (χ3v) is 2.86. The summed E-state index contributed by atoms with van der Waals surface area (Å²) in [4.78, 5) is 32.1. The molecule has 1 aliphatic rings. The molecule has 90 valence electrons. The lowest BCUT2D eigenvalue weighted by Crippen LogP contribution is -2.48. The second-order valence-electron chi connectivity index (χ2n) is 3.98. The molecule has 2 rings (SSSR count). The number of likely N-dealkylation sites (tertiary alicyclic amines) is 1. The zero-order valence-corrected chi connectivity index (χ0v) is 9.24. The number of aliphatic carboxylic acids is 1. The molecule has 6 nitrogen and oxygen atoms in total. The first-order valence-corrected chi connectivity index (χ1v) is 5.49. The van der Waals surface area contributed by atoms with E-state index in [1.165, 1.54) is 23.6 Å². The van der Waals surface area contributed by atoms with Crippen LogP contribution in [-0.2, 0) is 4.79 Å². The number of nitrogens with zero attached hydrogens (tertiary/aromatic N) is 3. The Bertz CT molecular complexity index is 421. The molecule has 0 aliphatic carbocycles. The van der Waals surface area contributed by atoms with Crippen molar-refractivity contribution in [2.24, 2.45) is 0 Å². The van der Waals surface area contributed by atoms with Crippen molar-refractivity contribution in [3.63, 3.8) is 0 Å². The average molecular weight is 235 g/mol. The number of carboxylic acids is 1. The number of carboxylic acid groups (broad SMARTS) is 1. The van der Waals surface area contributed by atoms with Gasteiger partial charge in [-0.25, -0.2) is 14.8 Å². The van der Waals surface area contributed by atoms with Crippen molar-refractivity contribution in [2.75, 3.05) is 6.54 Å². The number of hydrogen-bond donors (Lipinski definition) is 1. The molecule has 1 aliphatic heterocycles. The van der Waals surface area contributed by atoms with Crippen LogP contribution >= 0.6 is 0 Å². The maximum Gasteiger partial charge on any atom is 0.326 e. The Balaban J connectivity index is 2.20. The molecule has 1 N–H and O–H groups in total. The van der Waals surface area contributed by atoms with Gasteiger partial charge < -0.3 is 10.0 Å². The Kier molecular flexibility index (Phi) is 3.32. The highest BCUT2D eigenvalue weighted by Gasteiger charge is 2.32. The fraction of sp³-hybridized carbons (Fsp3) is 0.455. The maximum absolute atomic E-state index is 12.1. The van der Waals surface area contributed by atoms with Crippen LogP contribution in [0.3, 0.4) is 0 Å². The van der Waals surface area contributed by atoms with Crippen LogP contribution in [0, 0.1) is 0 Å². The predicted molar refractivity (Wildman–Crippen MR) is 58.3 cm³/mol. The van der Waals surface area contributed by atoms with E-state index < -0.39 is 12.0 Å². The molecule has 0 saturated carbocycles.